The minimum Gasteiger partial charge on any atom is -0.267 e. The maximum atomic E-state index is 13.3. The van der Waals surface area contributed by atoms with Crippen molar-refractivity contribution in [2.75, 3.05) is 0 Å². The van der Waals surface area contributed by atoms with Crippen molar-refractivity contribution in [2.45, 2.75) is 0 Å². The summed E-state index contributed by atoms with van der Waals surface area (Å²) in [6.07, 6.45) is 6.39. The number of pyridine rings is 1. The molecule has 2 aromatic carbocycles. The smallest absolute Gasteiger partial charge is 0.267 e. The molecule has 0 spiro atoms. The zero-order chi connectivity index (χ0) is 20.1. The Bertz CT molecular complexity index is 1140. The molecule has 0 aliphatic rings. The molecule has 7 heteroatoms. The Labute approximate surface area is 166 Å². The Kier molecular flexibility index (Phi) is 5.20. The standard InChI is InChI=1S/C22H16FN5O/c23-19-8-6-16(7-9-19)21-18(15-28(27-21)20-4-2-1-3-5-20)14-25-26-22(29)17-10-12-24-13-11-17/h1-15H,(H,26,29). The summed E-state index contributed by atoms with van der Waals surface area (Å²) in [5.74, 6) is -0.668. The Morgan fingerprint density at radius 3 is 2.45 bits per heavy atom. The van der Waals surface area contributed by atoms with Crippen LogP contribution in [0.1, 0.15) is 15.9 Å². The Morgan fingerprint density at radius 2 is 1.72 bits per heavy atom. The number of para-hydroxylation sites is 1. The van der Waals surface area contributed by atoms with E-state index in [1.165, 1.54) is 30.7 Å². The highest BCUT2D eigenvalue weighted by Crippen LogP contribution is 2.23. The Hall–Kier alpha value is -4.13. The van der Waals surface area contributed by atoms with Gasteiger partial charge in [-0.2, -0.15) is 10.2 Å². The van der Waals surface area contributed by atoms with Gasteiger partial charge in [0.25, 0.3) is 5.91 Å². The van der Waals surface area contributed by atoms with E-state index in [-0.39, 0.29) is 11.7 Å². The number of amides is 1. The zero-order valence-corrected chi connectivity index (χ0v) is 15.2. The van der Waals surface area contributed by atoms with Gasteiger partial charge in [0.2, 0.25) is 0 Å². The number of hydrogen-bond donors (Lipinski definition) is 1. The average Bonchev–Trinajstić information content (AvgIpc) is 3.19. The van der Waals surface area contributed by atoms with Crippen molar-refractivity contribution in [1.29, 1.82) is 0 Å². The van der Waals surface area contributed by atoms with E-state index in [0.717, 1.165) is 11.3 Å². The lowest BCUT2D eigenvalue weighted by atomic mass is 10.1. The third kappa shape index (κ3) is 4.24. The van der Waals surface area contributed by atoms with Crippen molar-refractivity contribution in [3.05, 3.63) is 102 Å². The highest BCUT2D eigenvalue weighted by atomic mass is 19.1. The molecule has 0 bridgehead atoms. The topological polar surface area (TPSA) is 72.2 Å². The second-order valence-corrected chi connectivity index (χ2v) is 6.16. The molecule has 0 unspecified atom stereocenters. The second kappa shape index (κ2) is 8.26. The van der Waals surface area contributed by atoms with Gasteiger partial charge < -0.3 is 0 Å². The molecule has 0 radical (unpaired) electrons. The van der Waals surface area contributed by atoms with Gasteiger partial charge >= 0.3 is 0 Å². The fraction of sp³-hybridized carbons (Fsp3) is 0. The summed E-state index contributed by atoms with van der Waals surface area (Å²) in [5, 5.41) is 8.67. The van der Waals surface area contributed by atoms with Crippen LogP contribution < -0.4 is 5.43 Å². The summed E-state index contributed by atoms with van der Waals surface area (Å²) >= 11 is 0. The number of halogens is 1. The number of nitrogens with zero attached hydrogens (tertiary/aromatic N) is 4. The van der Waals surface area contributed by atoms with E-state index >= 15 is 0 Å². The Balaban J connectivity index is 1.64. The van der Waals surface area contributed by atoms with Crippen LogP contribution in [0.25, 0.3) is 16.9 Å². The van der Waals surface area contributed by atoms with Crippen LogP contribution in [0.3, 0.4) is 0 Å². The molecule has 0 aliphatic carbocycles. The first-order valence-corrected chi connectivity index (χ1v) is 8.85. The van der Waals surface area contributed by atoms with Crippen LogP contribution in [0, 0.1) is 5.82 Å². The van der Waals surface area contributed by atoms with Gasteiger partial charge in [-0.3, -0.25) is 9.78 Å². The molecule has 1 N–H and O–H groups in total. The van der Waals surface area contributed by atoms with Crippen molar-refractivity contribution < 1.29 is 9.18 Å². The SMILES string of the molecule is O=C(NN=Cc1cn(-c2ccccc2)nc1-c1ccc(F)cc1)c1ccncc1. The van der Waals surface area contributed by atoms with Crippen LogP contribution in [0.5, 0.6) is 0 Å². The summed E-state index contributed by atoms with van der Waals surface area (Å²) in [6.45, 7) is 0. The monoisotopic (exact) mass is 385 g/mol. The van der Waals surface area contributed by atoms with E-state index in [2.05, 4.69) is 20.6 Å². The van der Waals surface area contributed by atoms with E-state index in [1.807, 2.05) is 30.3 Å². The molecule has 0 saturated carbocycles. The van der Waals surface area contributed by atoms with Gasteiger partial charge in [-0.15, -0.1) is 0 Å². The minimum absolute atomic E-state index is 0.323. The van der Waals surface area contributed by atoms with Crippen LogP contribution in [0.4, 0.5) is 4.39 Å². The number of hydrazone groups is 1. The molecule has 2 aromatic heterocycles. The first kappa shape index (κ1) is 18.2. The van der Waals surface area contributed by atoms with Crippen molar-refractivity contribution in [2.24, 2.45) is 5.10 Å². The van der Waals surface area contributed by atoms with E-state index in [4.69, 9.17) is 0 Å². The van der Waals surface area contributed by atoms with Gasteiger partial charge in [-0.05, 0) is 48.5 Å². The van der Waals surface area contributed by atoms with Crippen LogP contribution >= 0.6 is 0 Å². The molecule has 4 rings (SSSR count). The minimum atomic E-state index is -0.345. The number of nitrogens with one attached hydrogen (secondary N) is 1. The normalized spacial score (nSPS) is 10.9. The predicted octanol–water partition coefficient (Wildman–Crippen LogP) is 3.84. The Morgan fingerprint density at radius 1 is 1.00 bits per heavy atom. The number of aromatic nitrogens is 3. The fourth-order valence-corrected chi connectivity index (χ4v) is 2.76. The number of benzene rings is 2. The maximum Gasteiger partial charge on any atom is 0.271 e. The second-order valence-electron chi connectivity index (χ2n) is 6.16. The summed E-state index contributed by atoms with van der Waals surface area (Å²) in [5.41, 5.74) is 5.85. The van der Waals surface area contributed by atoms with Gasteiger partial charge in [-0.1, -0.05) is 18.2 Å². The largest absolute Gasteiger partial charge is 0.271 e. The summed E-state index contributed by atoms with van der Waals surface area (Å²) in [6, 6.07) is 18.9. The summed E-state index contributed by atoms with van der Waals surface area (Å²) in [7, 11) is 0. The predicted molar refractivity (Wildman–Crippen MR) is 108 cm³/mol. The van der Waals surface area contributed by atoms with E-state index in [0.29, 0.717) is 16.8 Å². The molecule has 0 saturated heterocycles. The van der Waals surface area contributed by atoms with Crippen molar-refractivity contribution >= 4 is 12.1 Å². The molecule has 6 nitrogen and oxygen atoms in total. The number of carbonyl (C=O) groups excluding carboxylic acids is 1. The molecule has 0 aliphatic heterocycles. The molecule has 2 heterocycles. The van der Waals surface area contributed by atoms with Crippen LogP contribution in [0.2, 0.25) is 0 Å². The van der Waals surface area contributed by atoms with E-state index in [9.17, 15) is 9.18 Å². The molecular formula is C22H16FN5O. The lowest BCUT2D eigenvalue weighted by Gasteiger charge is -2.00. The van der Waals surface area contributed by atoms with Crippen molar-refractivity contribution in [1.82, 2.24) is 20.2 Å². The maximum absolute atomic E-state index is 13.3. The first-order valence-electron chi connectivity index (χ1n) is 8.85. The first-order chi connectivity index (χ1) is 14.2. The molecule has 0 atom stereocenters. The third-order valence-electron chi connectivity index (χ3n) is 4.19. The lowest BCUT2D eigenvalue weighted by molar-refractivity contribution is 0.0955. The van der Waals surface area contributed by atoms with Gasteiger partial charge in [0.05, 0.1) is 11.9 Å². The van der Waals surface area contributed by atoms with Crippen LogP contribution in [-0.2, 0) is 0 Å². The fourth-order valence-electron chi connectivity index (χ4n) is 2.76. The summed E-state index contributed by atoms with van der Waals surface area (Å²) < 4.78 is 15.0. The van der Waals surface area contributed by atoms with Crippen LogP contribution in [-0.4, -0.2) is 26.9 Å². The van der Waals surface area contributed by atoms with Gasteiger partial charge in [0.15, 0.2) is 0 Å². The molecule has 0 fully saturated rings. The number of hydrogen-bond acceptors (Lipinski definition) is 4. The van der Waals surface area contributed by atoms with Gasteiger partial charge in [0.1, 0.15) is 11.5 Å². The number of rotatable bonds is 5. The molecule has 1 amide bonds. The van der Waals surface area contributed by atoms with E-state index in [1.54, 1.807) is 35.1 Å². The van der Waals surface area contributed by atoms with Crippen molar-refractivity contribution in [3.8, 4) is 16.9 Å². The molecule has 29 heavy (non-hydrogen) atoms. The van der Waals surface area contributed by atoms with Crippen LogP contribution in [0.15, 0.2) is 90.4 Å². The third-order valence-corrected chi connectivity index (χ3v) is 4.19. The lowest BCUT2D eigenvalue weighted by Crippen LogP contribution is -2.17. The summed E-state index contributed by atoms with van der Waals surface area (Å²) in [4.78, 5) is 16.0. The molecular weight excluding hydrogens is 369 g/mol. The molecule has 4 aromatic rings. The highest BCUT2D eigenvalue weighted by molar-refractivity contribution is 5.95. The molecule has 142 valence electrons. The van der Waals surface area contributed by atoms with Crippen molar-refractivity contribution in [3.63, 3.8) is 0 Å². The average molecular weight is 385 g/mol. The number of carbonyl (C=O) groups is 1. The van der Waals surface area contributed by atoms with Gasteiger partial charge in [0, 0.05) is 35.3 Å². The quantitative estimate of drug-likeness (QED) is 0.419. The zero-order valence-electron chi connectivity index (χ0n) is 15.2. The van der Waals surface area contributed by atoms with E-state index < -0.39 is 0 Å². The van der Waals surface area contributed by atoms with Gasteiger partial charge in [-0.25, -0.2) is 14.5 Å². The highest BCUT2D eigenvalue weighted by Gasteiger charge is 2.11.